The van der Waals surface area contributed by atoms with Gasteiger partial charge < -0.3 is 5.32 Å². The molecule has 3 aliphatic rings. The van der Waals surface area contributed by atoms with Gasteiger partial charge in [-0.3, -0.25) is 14.9 Å². The molecule has 7 rings (SSSR count). The molecule has 1 atom stereocenters. The Morgan fingerprint density at radius 1 is 0.806 bits per heavy atom. The van der Waals surface area contributed by atoms with Gasteiger partial charge in [-0.1, -0.05) is 18.2 Å². The third-order valence-corrected chi connectivity index (χ3v) is 6.53. The molecule has 31 heavy (non-hydrogen) atoms. The number of anilines is 2. The van der Waals surface area contributed by atoms with Crippen molar-refractivity contribution in [2.24, 2.45) is 5.92 Å². The summed E-state index contributed by atoms with van der Waals surface area (Å²) >= 11 is 0. The van der Waals surface area contributed by atoms with Crippen molar-refractivity contribution < 1.29 is 0 Å². The number of nitrogens with one attached hydrogen (secondary N) is 1. The van der Waals surface area contributed by atoms with Gasteiger partial charge in [0.2, 0.25) is 0 Å². The predicted molar refractivity (Wildman–Crippen MR) is 122 cm³/mol. The molecule has 6 heterocycles. The number of rotatable bonds is 4. The third-order valence-electron chi connectivity index (χ3n) is 6.53. The first-order valence-corrected chi connectivity index (χ1v) is 11.0. The number of hydrogen-bond donors (Lipinski definition) is 1. The second-order valence-corrected chi connectivity index (χ2v) is 8.42. The fourth-order valence-corrected chi connectivity index (χ4v) is 4.93. The third kappa shape index (κ3) is 3.43. The molecular weight excluding hydrogens is 384 g/mol. The van der Waals surface area contributed by atoms with Crippen molar-refractivity contribution in [3.05, 3.63) is 72.7 Å². The van der Waals surface area contributed by atoms with Gasteiger partial charge in [-0.15, -0.1) is 0 Å². The van der Waals surface area contributed by atoms with E-state index in [1.807, 2.05) is 54.7 Å². The summed E-state index contributed by atoms with van der Waals surface area (Å²) in [4.78, 5) is 21.8. The Hall–Kier alpha value is -3.38. The largest absolute Gasteiger partial charge is 0.337 e. The summed E-state index contributed by atoms with van der Waals surface area (Å²) in [7, 11) is 0. The van der Waals surface area contributed by atoms with Crippen LogP contribution < -0.4 is 5.32 Å². The molecule has 154 valence electrons. The number of nitrogens with zero attached hydrogens (tertiary/aromatic N) is 5. The zero-order chi connectivity index (χ0) is 20.6. The lowest BCUT2D eigenvalue weighted by molar-refractivity contribution is 0.0472. The Labute approximate surface area is 181 Å². The number of fused-ring (bicyclic) bond motifs is 4. The van der Waals surface area contributed by atoms with Crippen molar-refractivity contribution >= 4 is 22.5 Å². The molecule has 0 saturated carbocycles. The van der Waals surface area contributed by atoms with E-state index in [1.54, 1.807) is 6.20 Å². The van der Waals surface area contributed by atoms with Gasteiger partial charge in [0.15, 0.2) is 5.82 Å². The number of aromatic nitrogens is 4. The van der Waals surface area contributed by atoms with E-state index in [0.29, 0.717) is 11.9 Å². The van der Waals surface area contributed by atoms with Crippen LogP contribution >= 0.6 is 0 Å². The van der Waals surface area contributed by atoms with Crippen LogP contribution in [0, 0.1) is 5.92 Å². The van der Waals surface area contributed by atoms with Gasteiger partial charge in [0.1, 0.15) is 5.69 Å². The molecule has 4 aromatic rings. The quantitative estimate of drug-likeness (QED) is 0.513. The summed E-state index contributed by atoms with van der Waals surface area (Å²) in [5.74, 6) is 1.53. The van der Waals surface area contributed by atoms with Crippen molar-refractivity contribution in [1.29, 1.82) is 0 Å². The monoisotopic (exact) mass is 408 g/mol. The van der Waals surface area contributed by atoms with Crippen LogP contribution in [0.4, 0.5) is 11.5 Å². The van der Waals surface area contributed by atoms with E-state index in [0.717, 1.165) is 39.7 Å². The van der Waals surface area contributed by atoms with Crippen molar-refractivity contribution in [3.63, 3.8) is 0 Å². The lowest BCUT2D eigenvalue weighted by atomic mass is 9.82. The molecule has 1 unspecified atom stereocenters. The highest BCUT2D eigenvalue weighted by molar-refractivity contribution is 5.84. The molecule has 0 aliphatic carbocycles. The lowest BCUT2D eigenvalue weighted by Gasteiger charge is -2.45. The molecule has 0 spiro atoms. The second-order valence-electron chi connectivity index (χ2n) is 8.42. The van der Waals surface area contributed by atoms with Gasteiger partial charge in [0.05, 0.1) is 34.2 Å². The van der Waals surface area contributed by atoms with Crippen molar-refractivity contribution in [2.75, 3.05) is 18.4 Å². The first-order valence-electron chi connectivity index (χ1n) is 11.0. The summed E-state index contributed by atoms with van der Waals surface area (Å²) in [5, 5.41) is 3.59. The fraction of sp³-hybridized carbons (Fsp3) is 0.280. The van der Waals surface area contributed by atoms with Gasteiger partial charge >= 0.3 is 0 Å². The zero-order valence-electron chi connectivity index (χ0n) is 17.3. The number of hydrogen-bond acceptors (Lipinski definition) is 6. The maximum Gasteiger partial charge on any atom is 0.159 e. The van der Waals surface area contributed by atoms with Crippen LogP contribution in [-0.2, 0) is 0 Å². The van der Waals surface area contributed by atoms with Gasteiger partial charge in [-0.2, -0.15) is 0 Å². The lowest BCUT2D eigenvalue weighted by Crippen LogP contribution is -2.44. The first kappa shape index (κ1) is 18.4. The van der Waals surface area contributed by atoms with E-state index >= 15 is 0 Å². The molecule has 2 bridgehead atoms. The van der Waals surface area contributed by atoms with E-state index in [4.69, 9.17) is 15.0 Å². The molecule has 0 amide bonds. The molecule has 3 fully saturated rings. The topological polar surface area (TPSA) is 66.8 Å². The van der Waals surface area contributed by atoms with E-state index in [9.17, 15) is 0 Å². The summed E-state index contributed by atoms with van der Waals surface area (Å²) < 4.78 is 0. The highest BCUT2D eigenvalue weighted by atomic mass is 15.2. The Kier molecular flexibility index (Phi) is 4.57. The van der Waals surface area contributed by atoms with Crippen LogP contribution in [0.25, 0.3) is 22.4 Å². The summed E-state index contributed by atoms with van der Waals surface area (Å²) in [5.41, 5.74) is 5.37. The van der Waals surface area contributed by atoms with Crippen LogP contribution in [0.15, 0.2) is 67.0 Å². The predicted octanol–water partition coefficient (Wildman–Crippen LogP) is 4.99. The van der Waals surface area contributed by atoms with Crippen LogP contribution in [0.2, 0.25) is 0 Å². The Bertz CT molecular complexity index is 1220. The summed E-state index contributed by atoms with van der Waals surface area (Å²) in [6.07, 6.45) is 7.49. The van der Waals surface area contributed by atoms with Crippen molar-refractivity contribution in [2.45, 2.75) is 25.3 Å². The summed E-state index contributed by atoms with van der Waals surface area (Å²) in [6, 6.07) is 18.3. The molecule has 6 heteroatoms. The van der Waals surface area contributed by atoms with Gasteiger partial charge in [0.25, 0.3) is 0 Å². The van der Waals surface area contributed by atoms with Gasteiger partial charge in [-0.05, 0) is 74.7 Å². The highest BCUT2D eigenvalue weighted by Gasteiger charge is 2.36. The maximum absolute atomic E-state index is 4.93. The SMILES string of the molecule is c1ccc(-c2nc3ccccc3nc2Nc2cccnc2C2CC3CCN2CC3)nc1. The average Bonchev–Trinajstić information content (AvgIpc) is 2.85. The smallest absolute Gasteiger partial charge is 0.159 e. The molecular formula is C25H24N6. The number of pyridine rings is 2. The molecule has 3 aliphatic heterocycles. The van der Waals surface area contributed by atoms with Crippen molar-refractivity contribution in [3.8, 4) is 11.4 Å². The number of para-hydroxylation sites is 2. The van der Waals surface area contributed by atoms with Gasteiger partial charge in [-0.25, -0.2) is 9.97 Å². The normalized spacial score (nSPS) is 22.5. The van der Waals surface area contributed by atoms with E-state index in [1.165, 1.54) is 32.4 Å². The van der Waals surface area contributed by atoms with Crippen LogP contribution in [-0.4, -0.2) is 37.9 Å². The summed E-state index contributed by atoms with van der Waals surface area (Å²) in [6.45, 7) is 2.33. The zero-order valence-corrected chi connectivity index (χ0v) is 17.3. The minimum absolute atomic E-state index is 0.364. The molecule has 1 N–H and O–H groups in total. The standard InChI is InChI=1S/C25H24N6/c1-2-7-19-18(6-1)28-24(20-8-3-4-12-26-20)25(29-19)30-21-9-5-13-27-23(21)22-16-17-10-14-31(22)15-11-17/h1-9,12-13,17,22H,10-11,14-16H2,(H,29,30). The molecule has 6 nitrogen and oxygen atoms in total. The van der Waals surface area contributed by atoms with E-state index in [-0.39, 0.29) is 0 Å². The molecule has 3 aromatic heterocycles. The van der Waals surface area contributed by atoms with Crippen LogP contribution in [0.3, 0.4) is 0 Å². The van der Waals surface area contributed by atoms with Crippen LogP contribution in [0.5, 0.6) is 0 Å². The molecule has 3 saturated heterocycles. The maximum atomic E-state index is 4.93. The fourth-order valence-electron chi connectivity index (χ4n) is 4.93. The minimum atomic E-state index is 0.364. The Morgan fingerprint density at radius 3 is 2.32 bits per heavy atom. The van der Waals surface area contributed by atoms with Gasteiger partial charge in [0, 0.05) is 12.4 Å². The van der Waals surface area contributed by atoms with Crippen LogP contribution in [0.1, 0.15) is 31.0 Å². The minimum Gasteiger partial charge on any atom is -0.337 e. The first-order chi connectivity index (χ1) is 15.3. The Morgan fingerprint density at radius 2 is 1.58 bits per heavy atom. The van der Waals surface area contributed by atoms with E-state index < -0.39 is 0 Å². The molecule has 0 radical (unpaired) electrons. The number of piperidine rings is 3. The van der Waals surface area contributed by atoms with Crippen molar-refractivity contribution in [1.82, 2.24) is 24.8 Å². The Balaban J connectivity index is 1.44. The van der Waals surface area contributed by atoms with E-state index in [2.05, 4.69) is 21.3 Å². The average molecular weight is 409 g/mol. The molecule has 1 aromatic carbocycles. The number of benzene rings is 1. The second kappa shape index (κ2) is 7.71. The highest BCUT2D eigenvalue weighted by Crippen LogP contribution is 2.42.